The third-order valence-corrected chi connectivity index (χ3v) is 4.00. The fourth-order valence-electron chi connectivity index (χ4n) is 2.82. The largest absolute Gasteiger partial charge is 0.467 e. The number of benzene rings is 1. The van der Waals surface area contributed by atoms with E-state index in [0.29, 0.717) is 6.42 Å². The molecule has 1 aliphatic heterocycles. The van der Waals surface area contributed by atoms with Crippen molar-refractivity contribution in [3.8, 4) is 0 Å². The molecule has 0 spiro atoms. The monoisotopic (exact) mass is 359 g/mol. The van der Waals surface area contributed by atoms with Gasteiger partial charge in [0.2, 0.25) is 5.91 Å². The number of amides is 2. The molecule has 2 rings (SSSR count). The molecule has 140 valence electrons. The van der Waals surface area contributed by atoms with Gasteiger partial charge >= 0.3 is 12.1 Å². The Labute approximate surface area is 153 Å². The van der Waals surface area contributed by atoms with Gasteiger partial charge in [-0.1, -0.05) is 42.5 Å². The van der Waals surface area contributed by atoms with E-state index in [-0.39, 0.29) is 6.42 Å². The van der Waals surface area contributed by atoms with Crippen LogP contribution in [0, 0.1) is 5.92 Å². The van der Waals surface area contributed by atoms with Gasteiger partial charge in [0.25, 0.3) is 0 Å². The maximum absolute atomic E-state index is 12.7. The Balaban J connectivity index is 2.12. The summed E-state index contributed by atoms with van der Waals surface area (Å²) in [6, 6.07) is 8.75. The highest BCUT2D eigenvalue weighted by Gasteiger charge is 2.48. The van der Waals surface area contributed by atoms with Crippen LogP contribution in [0.15, 0.2) is 36.4 Å². The zero-order valence-electron chi connectivity index (χ0n) is 15.6. The SMILES string of the molecule is COC(=O)[C@@H]1C[C@H](C/C=C/c2ccccc2)C(=O)N1C(=O)OC(C)(C)C. The second-order valence-corrected chi connectivity index (χ2v) is 7.21. The lowest BCUT2D eigenvalue weighted by atomic mass is 10.0. The molecule has 0 unspecified atom stereocenters. The average molecular weight is 359 g/mol. The van der Waals surface area contributed by atoms with Gasteiger partial charge in [-0.3, -0.25) is 4.79 Å². The van der Waals surface area contributed by atoms with Crippen LogP contribution < -0.4 is 0 Å². The number of likely N-dealkylation sites (tertiary alicyclic amines) is 1. The van der Waals surface area contributed by atoms with E-state index in [2.05, 4.69) is 0 Å². The van der Waals surface area contributed by atoms with E-state index in [1.54, 1.807) is 20.8 Å². The number of allylic oxidation sites excluding steroid dienone is 1. The summed E-state index contributed by atoms with van der Waals surface area (Å²) >= 11 is 0. The highest BCUT2D eigenvalue weighted by molar-refractivity contribution is 6.00. The van der Waals surface area contributed by atoms with Crippen molar-refractivity contribution in [2.45, 2.75) is 45.3 Å². The summed E-state index contributed by atoms with van der Waals surface area (Å²) in [6.45, 7) is 5.12. The van der Waals surface area contributed by atoms with Crippen molar-refractivity contribution in [1.29, 1.82) is 0 Å². The van der Waals surface area contributed by atoms with Gasteiger partial charge in [0.05, 0.1) is 7.11 Å². The zero-order valence-corrected chi connectivity index (χ0v) is 15.6. The first-order valence-electron chi connectivity index (χ1n) is 8.58. The molecule has 1 aromatic carbocycles. The predicted octanol–water partition coefficient (Wildman–Crippen LogP) is 3.42. The summed E-state index contributed by atoms with van der Waals surface area (Å²) in [4.78, 5) is 38.0. The molecule has 2 amide bonds. The number of methoxy groups -OCH3 is 1. The van der Waals surface area contributed by atoms with Gasteiger partial charge in [0.15, 0.2) is 0 Å². The van der Waals surface area contributed by atoms with Crippen LogP contribution in [-0.4, -0.2) is 41.6 Å². The Hall–Kier alpha value is -2.63. The smallest absolute Gasteiger partial charge is 0.417 e. The number of hydrogen-bond donors (Lipinski definition) is 0. The Bertz CT molecular complexity index is 690. The molecule has 0 saturated carbocycles. The summed E-state index contributed by atoms with van der Waals surface area (Å²) in [7, 11) is 1.24. The summed E-state index contributed by atoms with van der Waals surface area (Å²) in [6.07, 6.45) is 3.64. The maximum Gasteiger partial charge on any atom is 0.417 e. The van der Waals surface area contributed by atoms with Crippen molar-refractivity contribution in [2.75, 3.05) is 7.11 Å². The molecule has 0 N–H and O–H groups in total. The Kier molecular flexibility index (Phi) is 6.18. The fraction of sp³-hybridized carbons (Fsp3) is 0.450. The highest BCUT2D eigenvalue weighted by atomic mass is 16.6. The molecule has 0 aliphatic carbocycles. The first-order valence-corrected chi connectivity index (χ1v) is 8.58. The third kappa shape index (κ3) is 4.94. The molecule has 2 atom stereocenters. The van der Waals surface area contributed by atoms with E-state index in [1.165, 1.54) is 7.11 Å². The Morgan fingerprint density at radius 3 is 2.46 bits per heavy atom. The minimum Gasteiger partial charge on any atom is -0.467 e. The molecule has 1 heterocycles. The third-order valence-electron chi connectivity index (χ3n) is 4.00. The van der Waals surface area contributed by atoms with E-state index in [4.69, 9.17) is 9.47 Å². The average Bonchev–Trinajstić information content (AvgIpc) is 2.90. The van der Waals surface area contributed by atoms with Gasteiger partial charge in [-0.2, -0.15) is 0 Å². The zero-order chi connectivity index (χ0) is 19.3. The van der Waals surface area contributed by atoms with Crippen molar-refractivity contribution < 1.29 is 23.9 Å². The molecular formula is C20H25NO5. The summed E-state index contributed by atoms with van der Waals surface area (Å²) in [5.74, 6) is -1.49. The second kappa shape index (κ2) is 8.17. The van der Waals surface area contributed by atoms with Gasteiger partial charge in [-0.15, -0.1) is 0 Å². The van der Waals surface area contributed by atoms with E-state index in [0.717, 1.165) is 10.5 Å². The number of carbonyl (C=O) groups excluding carboxylic acids is 3. The molecule has 0 aromatic heterocycles. The van der Waals surface area contributed by atoms with Crippen LogP contribution >= 0.6 is 0 Å². The van der Waals surface area contributed by atoms with Crippen LogP contribution in [0.1, 0.15) is 39.2 Å². The number of imide groups is 1. The minimum absolute atomic E-state index is 0.226. The summed E-state index contributed by atoms with van der Waals surface area (Å²) < 4.78 is 10.0. The van der Waals surface area contributed by atoms with Gasteiger partial charge < -0.3 is 9.47 Å². The standard InChI is InChI=1S/C20H25NO5/c1-20(2,3)26-19(24)21-16(18(23)25-4)13-15(17(21)22)12-8-11-14-9-6-5-7-10-14/h5-11,15-16H,12-13H2,1-4H3/b11-8+/t15-,16-/m0/s1. The molecule has 6 heteroatoms. The molecule has 26 heavy (non-hydrogen) atoms. The number of carbonyl (C=O) groups is 3. The van der Waals surface area contributed by atoms with Crippen molar-refractivity contribution in [3.63, 3.8) is 0 Å². The molecule has 1 aliphatic rings. The fourth-order valence-corrected chi connectivity index (χ4v) is 2.82. The van der Waals surface area contributed by atoms with Crippen molar-refractivity contribution in [3.05, 3.63) is 42.0 Å². The van der Waals surface area contributed by atoms with Crippen LogP contribution in [0.2, 0.25) is 0 Å². The quantitative estimate of drug-likeness (QED) is 0.770. The lowest BCUT2D eigenvalue weighted by Crippen LogP contribution is -2.46. The molecule has 1 fully saturated rings. The van der Waals surface area contributed by atoms with E-state index >= 15 is 0 Å². The summed E-state index contributed by atoms with van der Waals surface area (Å²) in [5, 5.41) is 0. The molecular weight excluding hydrogens is 334 g/mol. The second-order valence-electron chi connectivity index (χ2n) is 7.21. The lowest BCUT2D eigenvalue weighted by molar-refractivity contribution is -0.148. The normalized spacial score (nSPS) is 20.5. The number of nitrogens with zero attached hydrogens (tertiary/aromatic N) is 1. The van der Waals surface area contributed by atoms with Crippen LogP contribution in [-0.2, 0) is 19.1 Å². The van der Waals surface area contributed by atoms with Crippen molar-refractivity contribution in [1.82, 2.24) is 4.90 Å². The highest BCUT2D eigenvalue weighted by Crippen LogP contribution is 2.30. The Morgan fingerprint density at radius 2 is 1.88 bits per heavy atom. The first kappa shape index (κ1) is 19.7. The van der Waals surface area contributed by atoms with Crippen molar-refractivity contribution >= 4 is 24.0 Å². The number of esters is 1. The topological polar surface area (TPSA) is 72.9 Å². The van der Waals surface area contributed by atoms with Crippen LogP contribution in [0.4, 0.5) is 4.79 Å². The molecule has 1 saturated heterocycles. The van der Waals surface area contributed by atoms with Crippen molar-refractivity contribution in [2.24, 2.45) is 5.92 Å². The molecule has 6 nitrogen and oxygen atoms in total. The number of hydrogen-bond acceptors (Lipinski definition) is 5. The van der Waals surface area contributed by atoms with Gasteiger partial charge in [-0.05, 0) is 39.2 Å². The predicted molar refractivity (Wildman–Crippen MR) is 97.1 cm³/mol. The molecule has 0 radical (unpaired) electrons. The van der Waals surface area contributed by atoms with E-state index < -0.39 is 35.5 Å². The van der Waals surface area contributed by atoms with E-state index in [1.807, 2.05) is 42.5 Å². The summed E-state index contributed by atoms with van der Waals surface area (Å²) in [5.41, 5.74) is 0.259. The van der Waals surface area contributed by atoms with Gasteiger partial charge in [0, 0.05) is 5.92 Å². The van der Waals surface area contributed by atoms with Gasteiger partial charge in [-0.25, -0.2) is 14.5 Å². The number of ether oxygens (including phenoxy) is 2. The minimum atomic E-state index is -0.947. The van der Waals surface area contributed by atoms with Crippen LogP contribution in [0.25, 0.3) is 6.08 Å². The number of rotatable bonds is 4. The van der Waals surface area contributed by atoms with Crippen LogP contribution in [0.5, 0.6) is 0 Å². The lowest BCUT2D eigenvalue weighted by Gasteiger charge is -2.26. The van der Waals surface area contributed by atoms with Gasteiger partial charge in [0.1, 0.15) is 11.6 Å². The molecule has 1 aromatic rings. The maximum atomic E-state index is 12.7. The first-order chi connectivity index (χ1) is 12.2. The molecule has 0 bridgehead atoms. The Morgan fingerprint density at radius 1 is 1.23 bits per heavy atom. The van der Waals surface area contributed by atoms with E-state index in [9.17, 15) is 14.4 Å². The van der Waals surface area contributed by atoms with Crippen LogP contribution in [0.3, 0.4) is 0 Å².